The van der Waals surface area contributed by atoms with Crippen LogP contribution in [0.15, 0.2) is 73.1 Å². The quantitative estimate of drug-likeness (QED) is 0.606. The van der Waals surface area contributed by atoms with Gasteiger partial charge in [-0.15, -0.1) is 0 Å². The summed E-state index contributed by atoms with van der Waals surface area (Å²) in [5.41, 5.74) is 2.24. The van der Waals surface area contributed by atoms with Gasteiger partial charge >= 0.3 is 0 Å². The van der Waals surface area contributed by atoms with Gasteiger partial charge in [0, 0.05) is 26.0 Å². The van der Waals surface area contributed by atoms with E-state index in [1.807, 2.05) is 54.7 Å². The smallest absolute Gasteiger partial charge is 0.206 e. The zero-order valence-corrected chi connectivity index (χ0v) is 16.2. The van der Waals surface area contributed by atoms with Crippen molar-refractivity contribution in [3.05, 3.63) is 90.0 Å². The number of carbonyl (C=O) groups is 1. The first-order valence-corrected chi connectivity index (χ1v) is 9.73. The van der Waals surface area contributed by atoms with E-state index in [9.17, 15) is 4.79 Å². The minimum atomic E-state index is -0.308. The third-order valence-electron chi connectivity index (χ3n) is 5.39. The lowest BCUT2D eigenvalue weighted by Gasteiger charge is -2.25. The lowest BCUT2D eigenvalue weighted by Crippen LogP contribution is -2.31. The topological polar surface area (TPSA) is 47.4 Å². The molecule has 5 heteroatoms. The molecule has 3 atom stereocenters. The van der Waals surface area contributed by atoms with Gasteiger partial charge in [0.25, 0.3) is 0 Å². The minimum absolute atomic E-state index is 0.0313. The Bertz CT molecular complexity index is 923. The fourth-order valence-corrected chi connectivity index (χ4v) is 4.00. The van der Waals surface area contributed by atoms with E-state index >= 15 is 0 Å². The molecule has 1 fully saturated rings. The summed E-state index contributed by atoms with van der Waals surface area (Å²) in [6.07, 6.45) is 4.06. The maximum atomic E-state index is 13.5. The summed E-state index contributed by atoms with van der Waals surface area (Å²) in [5, 5.41) is 1.98. The van der Waals surface area contributed by atoms with Gasteiger partial charge in [-0.2, -0.15) is 5.06 Å². The van der Waals surface area contributed by atoms with Crippen LogP contribution in [0.2, 0.25) is 0 Å². The highest BCUT2D eigenvalue weighted by molar-refractivity contribution is 5.96. The van der Waals surface area contributed by atoms with Crippen molar-refractivity contribution in [3.8, 4) is 0 Å². The summed E-state index contributed by atoms with van der Waals surface area (Å²) in [6, 6.07) is 20.2. The molecule has 0 bridgehead atoms. The van der Waals surface area contributed by atoms with Crippen molar-refractivity contribution in [3.63, 3.8) is 0 Å². The van der Waals surface area contributed by atoms with Crippen molar-refractivity contribution in [2.24, 2.45) is 13.0 Å². The molecule has 4 rings (SSSR count). The van der Waals surface area contributed by atoms with Crippen molar-refractivity contribution >= 4 is 5.78 Å². The van der Waals surface area contributed by atoms with E-state index in [4.69, 9.17) is 4.84 Å². The average molecular weight is 375 g/mol. The molecule has 1 aromatic heterocycles. The van der Waals surface area contributed by atoms with Crippen molar-refractivity contribution in [1.29, 1.82) is 0 Å². The highest BCUT2D eigenvalue weighted by atomic mass is 16.7. The number of hydroxylamine groups is 2. The molecular weight excluding hydrogens is 350 g/mol. The summed E-state index contributed by atoms with van der Waals surface area (Å²) >= 11 is 0. The summed E-state index contributed by atoms with van der Waals surface area (Å²) in [7, 11) is 1.86. The van der Waals surface area contributed by atoms with Crippen LogP contribution in [-0.4, -0.2) is 26.5 Å². The second-order valence-corrected chi connectivity index (χ2v) is 7.22. The molecule has 2 aromatic carbocycles. The number of aryl methyl sites for hydroxylation is 1. The van der Waals surface area contributed by atoms with E-state index in [0.29, 0.717) is 12.4 Å². The maximum Gasteiger partial charge on any atom is 0.206 e. The fraction of sp³-hybridized carbons (Fsp3) is 0.304. The number of aromatic nitrogens is 2. The molecule has 144 valence electrons. The molecule has 0 unspecified atom stereocenters. The van der Waals surface area contributed by atoms with Gasteiger partial charge in [0.2, 0.25) is 5.78 Å². The molecule has 0 amide bonds. The van der Waals surface area contributed by atoms with Crippen LogP contribution in [-0.2, 0) is 18.4 Å². The van der Waals surface area contributed by atoms with Crippen molar-refractivity contribution in [2.75, 3.05) is 0 Å². The minimum Gasteiger partial charge on any atom is -0.332 e. The van der Waals surface area contributed by atoms with E-state index in [1.165, 1.54) is 0 Å². The number of hydrogen-bond donors (Lipinski definition) is 0. The van der Waals surface area contributed by atoms with Gasteiger partial charge in [-0.3, -0.25) is 9.63 Å². The van der Waals surface area contributed by atoms with Gasteiger partial charge in [0.15, 0.2) is 5.82 Å². The Hall–Kier alpha value is -2.76. The van der Waals surface area contributed by atoms with Gasteiger partial charge in [-0.05, 0) is 17.5 Å². The molecule has 0 saturated carbocycles. The lowest BCUT2D eigenvalue weighted by atomic mass is 9.84. The fourth-order valence-electron chi connectivity index (χ4n) is 4.00. The molecule has 3 aromatic rings. The predicted octanol–water partition coefficient (Wildman–Crippen LogP) is 4.19. The first-order chi connectivity index (χ1) is 13.7. The molecule has 1 aliphatic heterocycles. The number of ketones is 1. The van der Waals surface area contributed by atoms with Crippen LogP contribution in [0.25, 0.3) is 0 Å². The molecule has 0 spiro atoms. The molecule has 1 saturated heterocycles. The van der Waals surface area contributed by atoms with E-state index in [-0.39, 0.29) is 23.8 Å². The molecule has 2 heterocycles. The Morgan fingerprint density at radius 1 is 1.07 bits per heavy atom. The Morgan fingerprint density at radius 2 is 1.75 bits per heavy atom. The number of rotatable bonds is 6. The summed E-state index contributed by atoms with van der Waals surface area (Å²) in [6.45, 7) is 2.69. The van der Waals surface area contributed by atoms with Crippen LogP contribution in [0, 0.1) is 5.92 Å². The van der Waals surface area contributed by atoms with Crippen molar-refractivity contribution in [1.82, 2.24) is 14.6 Å². The Kier molecular flexibility index (Phi) is 5.37. The van der Waals surface area contributed by atoms with E-state index in [2.05, 4.69) is 36.2 Å². The molecule has 1 aliphatic rings. The van der Waals surface area contributed by atoms with E-state index in [1.54, 1.807) is 10.8 Å². The van der Waals surface area contributed by atoms with Crippen LogP contribution < -0.4 is 0 Å². The third kappa shape index (κ3) is 3.51. The van der Waals surface area contributed by atoms with Gasteiger partial charge in [0.1, 0.15) is 0 Å². The SMILES string of the molecule is CC[C@H]1ON(Cc2ccccc2)[C@@H](c2ccccc2)[C@@H]1C(=O)c1nccn1C. The molecule has 0 N–H and O–H groups in total. The maximum absolute atomic E-state index is 13.5. The lowest BCUT2D eigenvalue weighted by molar-refractivity contribution is -0.171. The molecule has 0 radical (unpaired) electrons. The average Bonchev–Trinajstić information content (AvgIpc) is 3.32. The second-order valence-electron chi connectivity index (χ2n) is 7.22. The van der Waals surface area contributed by atoms with Gasteiger partial charge in [-0.25, -0.2) is 4.98 Å². The highest BCUT2D eigenvalue weighted by Gasteiger charge is 2.48. The van der Waals surface area contributed by atoms with Crippen molar-refractivity contribution in [2.45, 2.75) is 32.0 Å². The number of hydrogen-bond acceptors (Lipinski definition) is 4. The number of nitrogens with zero attached hydrogens (tertiary/aromatic N) is 3. The van der Waals surface area contributed by atoms with E-state index < -0.39 is 0 Å². The largest absolute Gasteiger partial charge is 0.332 e. The van der Waals surface area contributed by atoms with Crippen LogP contribution >= 0.6 is 0 Å². The van der Waals surface area contributed by atoms with Gasteiger partial charge in [-0.1, -0.05) is 67.6 Å². The Labute approximate surface area is 165 Å². The standard InChI is InChI=1S/C23H25N3O2/c1-3-19-20(22(27)23-24-14-15-25(23)2)21(18-12-8-5-9-13-18)26(28-19)16-17-10-6-4-7-11-17/h4-15,19-21H,3,16H2,1-2H3/t19-,20-,21+/m1/s1. The molecular formula is C23H25N3O2. The first-order valence-electron chi connectivity index (χ1n) is 9.73. The van der Waals surface area contributed by atoms with Crippen LogP contribution in [0.1, 0.15) is 41.1 Å². The number of carbonyl (C=O) groups excluding carboxylic acids is 1. The monoisotopic (exact) mass is 375 g/mol. The number of benzene rings is 2. The summed E-state index contributed by atoms with van der Waals surface area (Å²) < 4.78 is 1.79. The van der Waals surface area contributed by atoms with E-state index in [0.717, 1.165) is 17.5 Å². The first kappa shape index (κ1) is 18.6. The Morgan fingerprint density at radius 3 is 2.36 bits per heavy atom. The Balaban J connectivity index is 1.73. The van der Waals surface area contributed by atoms with Crippen LogP contribution in [0.4, 0.5) is 0 Å². The molecule has 0 aliphatic carbocycles. The van der Waals surface area contributed by atoms with Crippen LogP contribution in [0.3, 0.4) is 0 Å². The van der Waals surface area contributed by atoms with Crippen molar-refractivity contribution < 1.29 is 9.63 Å². The second kappa shape index (κ2) is 8.09. The normalized spacial score (nSPS) is 22.4. The van der Waals surface area contributed by atoms with Gasteiger partial charge < -0.3 is 4.57 Å². The number of imidazole rings is 1. The summed E-state index contributed by atoms with van der Waals surface area (Å²) in [5.74, 6) is 0.204. The zero-order valence-electron chi connectivity index (χ0n) is 16.2. The molecule has 28 heavy (non-hydrogen) atoms. The summed E-state index contributed by atoms with van der Waals surface area (Å²) in [4.78, 5) is 24.1. The predicted molar refractivity (Wildman–Crippen MR) is 107 cm³/mol. The number of Topliss-reactive ketones (excluding diaryl/α,β-unsaturated/α-hetero) is 1. The third-order valence-corrected chi connectivity index (χ3v) is 5.39. The van der Waals surface area contributed by atoms with Gasteiger partial charge in [0.05, 0.1) is 18.1 Å². The van der Waals surface area contributed by atoms with Crippen LogP contribution in [0.5, 0.6) is 0 Å². The highest BCUT2D eigenvalue weighted by Crippen LogP contribution is 2.42. The molecule has 5 nitrogen and oxygen atoms in total. The zero-order chi connectivity index (χ0) is 19.5.